The SMILES string of the molecule is CC(C)Oc1ccc(-c2cccc3nc(Cc4ccc(CCCN5CCCC5)cc4)nn23)cc1.CCc1ccc(Cc2nc3cccc(-c4ccc(OC)cc4)n3n2)cn1.COc1ccc(-c2cccc3nc(Cc4ccc(CCCO)cc4)nn23)cc1.COc1ccc(-c2cccc3nc(Cc4ccc5c(c4)OCCN5C)nn23)cc1.COc1ccc(-c2cccc3nc(Cc4cccc(OCCN5CCOCC5)c4)nn23)cc1. The number of rotatable bonds is 33. The van der Waals surface area contributed by atoms with Crippen LogP contribution in [0.4, 0.5) is 5.69 Å². The van der Waals surface area contributed by atoms with Crippen molar-refractivity contribution < 1.29 is 43.0 Å². The quantitative estimate of drug-likeness (QED) is 0.0400. The molecule has 0 radical (unpaired) electrons. The number of fused-ring (bicyclic) bond motifs is 6. The first-order valence-corrected chi connectivity index (χ1v) is 51.7. The van der Waals surface area contributed by atoms with E-state index in [4.69, 9.17) is 88.4 Å². The predicted octanol–water partition coefficient (Wildman–Crippen LogP) is 21.2. The van der Waals surface area contributed by atoms with Crippen LogP contribution in [-0.4, -0.2) is 213 Å². The van der Waals surface area contributed by atoms with Gasteiger partial charge in [0, 0.05) is 105 Å². The summed E-state index contributed by atoms with van der Waals surface area (Å²) in [5, 5.41) is 32.8. The van der Waals surface area contributed by atoms with Crippen molar-refractivity contribution >= 4 is 33.9 Å². The molecule has 28 heteroatoms. The van der Waals surface area contributed by atoms with Crippen LogP contribution >= 0.6 is 0 Å². The molecule has 11 aromatic heterocycles. The van der Waals surface area contributed by atoms with E-state index in [2.05, 4.69) is 160 Å². The minimum atomic E-state index is 0.163. The fourth-order valence-corrected chi connectivity index (χ4v) is 18.7. The van der Waals surface area contributed by atoms with Crippen molar-refractivity contribution in [1.82, 2.24) is 87.8 Å². The molecule has 1 N–H and O–H groups in total. The van der Waals surface area contributed by atoms with Crippen LogP contribution in [0.15, 0.2) is 322 Å². The van der Waals surface area contributed by atoms with Gasteiger partial charge in [-0.15, -0.1) is 0 Å². The Morgan fingerprint density at radius 2 is 0.700 bits per heavy atom. The molecule has 9 aromatic carbocycles. The van der Waals surface area contributed by atoms with Gasteiger partial charge in [0.1, 0.15) is 53.5 Å². The molecule has 150 heavy (non-hydrogen) atoms. The number of morpholine rings is 1. The molecule has 23 rings (SSSR count). The molecule has 764 valence electrons. The van der Waals surface area contributed by atoms with Crippen LogP contribution in [0.5, 0.6) is 40.2 Å². The van der Waals surface area contributed by atoms with E-state index in [0.717, 1.165) is 253 Å². The Morgan fingerprint density at radius 3 is 1.09 bits per heavy atom. The Labute approximate surface area is 874 Å². The molecule has 3 aliphatic heterocycles. The van der Waals surface area contributed by atoms with Crippen LogP contribution in [0, 0.1) is 0 Å². The van der Waals surface area contributed by atoms with Crippen LogP contribution < -0.4 is 38.1 Å². The highest BCUT2D eigenvalue weighted by molar-refractivity contribution is 5.69. The van der Waals surface area contributed by atoms with E-state index in [-0.39, 0.29) is 12.7 Å². The zero-order chi connectivity index (χ0) is 103. The summed E-state index contributed by atoms with van der Waals surface area (Å²) in [6, 6.07) is 106. The third-order valence-corrected chi connectivity index (χ3v) is 26.7. The van der Waals surface area contributed by atoms with Gasteiger partial charge in [0.05, 0.1) is 88.5 Å². The van der Waals surface area contributed by atoms with Gasteiger partial charge in [0.25, 0.3) is 0 Å². The number of anilines is 1. The molecular weight excluding hydrogens is 1880 g/mol. The molecule has 0 spiro atoms. The molecule has 0 atom stereocenters. The summed E-state index contributed by atoms with van der Waals surface area (Å²) >= 11 is 0. The molecular formula is C122H127N19O9. The Bertz CT molecular complexity index is 7780. The fraction of sp³-hybridized carbons (Fsp3) is 0.270. The number of hydrogen-bond acceptors (Lipinski definition) is 23. The van der Waals surface area contributed by atoms with Gasteiger partial charge in [-0.3, -0.25) is 9.88 Å². The van der Waals surface area contributed by atoms with Gasteiger partial charge >= 0.3 is 0 Å². The van der Waals surface area contributed by atoms with Gasteiger partial charge in [-0.25, -0.2) is 47.5 Å². The second-order valence-corrected chi connectivity index (χ2v) is 37.7. The number of aliphatic hydroxyl groups is 1. The van der Waals surface area contributed by atoms with Gasteiger partial charge in [-0.2, -0.15) is 25.5 Å². The first-order valence-electron chi connectivity index (χ1n) is 51.7. The van der Waals surface area contributed by atoms with Crippen LogP contribution in [-0.2, 0) is 56.1 Å². The molecule has 20 aromatic rings. The van der Waals surface area contributed by atoms with Crippen molar-refractivity contribution in [1.29, 1.82) is 0 Å². The van der Waals surface area contributed by atoms with E-state index < -0.39 is 0 Å². The summed E-state index contributed by atoms with van der Waals surface area (Å²) in [5.74, 6) is 10.0. The number of nitrogens with zero attached hydrogens (tertiary/aromatic N) is 19. The number of likely N-dealkylation sites (N-methyl/N-ethyl adjacent to an activating group) is 1. The number of aromatic nitrogens is 16. The van der Waals surface area contributed by atoms with E-state index in [9.17, 15) is 0 Å². The second kappa shape index (κ2) is 49.8. The number of aliphatic hydroxyl groups excluding tert-OH is 1. The maximum Gasteiger partial charge on any atom is 0.156 e. The first-order chi connectivity index (χ1) is 73.6. The van der Waals surface area contributed by atoms with E-state index in [1.165, 1.54) is 61.2 Å². The molecule has 2 fully saturated rings. The van der Waals surface area contributed by atoms with Crippen LogP contribution in [0.2, 0.25) is 0 Å². The van der Waals surface area contributed by atoms with Gasteiger partial charge < -0.3 is 52.8 Å². The number of likely N-dealkylation sites (tertiary alicyclic amines) is 1. The average Bonchev–Trinajstić information content (AvgIpc) is 1.65. The topological polar surface area (TPSA) is 268 Å². The number of benzene rings is 9. The largest absolute Gasteiger partial charge is 0.497 e. The third kappa shape index (κ3) is 26.3. The zero-order valence-electron chi connectivity index (χ0n) is 86.4. The van der Waals surface area contributed by atoms with Gasteiger partial charge in [0.15, 0.2) is 57.4 Å². The maximum absolute atomic E-state index is 8.95. The molecule has 0 saturated carbocycles. The molecule has 3 aliphatic rings. The molecule has 0 unspecified atom stereocenters. The standard InChI is InChI=1S/C29H34N4O.C26H28N4O3.C23H22N4O2.C23H23N3O2.C21H20N4O/c1-22(2)34-26-16-14-25(15-17-26)27-8-5-9-29-30-28(31-33(27)29)21-24-12-10-23(11-13-24)7-6-20-32-18-3-4-19-32;1-31-22-10-8-21(9-11-22)24-6-3-7-26-27-25(28-30(24)26)19-20-4-2-5-23(18-20)33-17-14-29-12-15-32-16-13-29;1-26-12-13-29-21-14-16(6-11-20(21)26)15-22-24-23-5-3-4-19(27(23)25-22)17-7-9-18(28-2)10-8-17;1-28-20-13-11-19(12-14-20)21-5-2-6-23-24-22(25-26(21)23)16-18-9-7-17(8-10-18)4-3-15-27;1-3-17-10-7-15(14-22-17)13-20-23-21-6-4-5-19(25(21)24-20)16-8-11-18(26-2)12-9-16/h5,8-17,22H,3-4,6-7,18-21H2,1-2H3;2-11,18H,12-17,19H2,1H3;3-11,14H,12-13,15H2,1-2H3;2,5-14,27H,3-4,15-16H2,1H3;4-12,14H,3,13H2,1-2H3. The third-order valence-electron chi connectivity index (χ3n) is 26.7. The number of pyridine rings is 6. The number of methoxy groups -OCH3 is 4. The van der Waals surface area contributed by atoms with Crippen molar-refractivity contribution in [2.45, 2.75) is 104 Å². The highest BCUT2D eigenvalue weighted by atomic mass is 16.5. The second-order valence-electron chi connectivity index (χ2n) is 37.7. The summed E-state index contributed by atoms with van der Waals surface area (Å²) in [6.07, 6.45) is 13.2. The fourth-order valence-electron chi connectivity index (χ4n) is 18.7. The summed E-state index contributed by atoms with van der Waals surface area (Å²) < 4.78 is 53.6. The monoisotopic (exact) mass is 2000 g/mol. The van der Waals surface area contributed by atoms with E-state index in [1.54, 1.807) is 28.4 Å². The van der Waals surface area contributed by atoms with Gasteiger partial charge in [-0.05, 0) is 330 Å². The van der Waals surface area contributed by atoms with Crippen molar-refractivity contribution in [2.75, 3.05) is 119 Å². The molecule has 0 amide bonds. The van der Waals surface area contributed by atoms with Gasteiger partial charge in [-0.1, -0.05) is 110 Å². The van der Waals surface area contributed by atoms with Crippen molar-refractivity contribution in [3.8, 4) is 96.5 Å². The minimum absolute atomic E-state index is 0.163. The van der Waals surface area contributed by atoms with E-state index in [1.807, 2.05) is 237 Å². The van der Waals surface area contributed by atoms with Crippen molar-refractivity contribution in [2.24, 2.45) is 0 Å². The maximum atomic E-state index is 8.95. The highest BCUT2D eigenvalue weighted by Crippen LogP contribution is 2.35. The van der Waals surface area contributed by atoms with E-state index in [0.29, 0.717) is 38.9 Å². The molecule has 2 saturated heterocycles. The number of ether oxygens (including phenoxy) is 8. The lowest BCUT2D eigenvalue weighted by Gasteiger charge is -2.27. The zero-order valence-corrected chi connectivity index (χ0v) is 86.4. The summed E-state index contributed by atoms with van der Waals surface area (Å²) in [5.41, 5.74) is 25.3. The highest BCUT2D eigenvalue weighted by Gasteiger charge is 2.22. The van der Waals surface area contributed by atoms with Crippen LogP contribution in [0.3, 0.4) is 0 Å². The smallest absolute Gasteiger partial charge is 0.156 e. The normalized spacial score (nSPS) is 13.0. The minimum Gasteiger partial charge on any atom is -0.497 e. The van der Waals surface area contributed by atoms with Crippen LogP contribution in [0.1, 0.15) is 120 Å². The Morgan fingerprint density at radius 1 is 0.340 bits per heavy atom. The van der Waals surface area contributed by atoms with Crippen LogP contribution in [0.25, 0.3) is 84.5 Å². The lowest BCUT2D eigenvalue weighted by atomic mass is 10.1. The molecule has 0 aliphatic carbocycles. The Kier molecular flexibility index (Phi) is 33.9. The van der Waals surface area contributed by atoms with Crippen molar-refractivity contribution in [3.63, 3.8) is 0 Å². The Balaban J connectivity index is 0.000000118. The number of aryl methyl sites for hydroxylation is 3. The summed E-state index contributed by atoms with van der Waals surface area (Å²) in [7, 11) is 8.76. The molecule has 28 nitrogen and oxygen atoms in total. The molecule has 14 heterocycles. The summed E-state index contributed by atoms with van der Waals surface area (Å²) in [6.45, 7) is 17.0. The lowest BCUT2D eigenvalue weighted by Crippen LogP contribution is -2.38. The Hall–Kier alpha value is -16.5. The first kappa shape index (κ1) is 102. The lowest BCUT2D eigenvalue weighted by molar-refractivity contribution is 0.0322. The van der Waals surface area contributed by atoms with E-state index >= 15 is 0 Å². The van der Waals surface area contributed by atoms with Gasteiger partial charge in [0.2, 0.25) is 0 Å². The average molecular weight is 2000 g/mol. The number of hydrogen-bond donors (Lipinski definition) is 1. The predicted molar refractivity (Wildman–Crippen MR) is 588 cm³/mol. The van der Waals surface area contributed by atoms with Crippen molar-refractivity contribution in [3.05, 3.63) is 395 Å². The molecule has 0 bridgehead atoms. The summed E-state index contributed by atoms with van der Waals surface area (Å²) in [4.78, 5) is 35.3.